The van der Waals surface area contributed by atoms with E-state index in [0.29, 0.717) is 10.8 Å². The lowest BCUT2D eigenvalue weighted by Gasteiger charge is -2.35. The third kappa shape index (κ3) is 4.05. The minimum atomic E-state index is -0.166. The van der Waals surface area contributed by atoms with Gasteiger partial charge in [0, 0.05) is 45.0 Å². The lowest BCUT2D eigenvalue weighted by Crippen LogP contribution is -2.46. The highest BCUT2D eigenvalue weighted by molar-refractivity contribution is 7.13. The fourth-order valence-corrected chi connectivity index (χ4v) is 3.42. The smallest absolute Gasteiger partial charge is 0.223 e. The number of rotatable bonds is 4. The van der Waals surface area contributed by atoms with Gasteiger partial charge in [0.2, 0.25) is 5.91 Å². The first-order chi connectivity index (χ1) is 11.1. The molecule has 5 nitrogen and oxygen atoms in total. The number of anilines is 2. The highest BCUT2D eigenvalue weighted by atomic mass is 32.1. The van der Waals surface area contributed by atoms with Crippen LogP contribution in [0.25, 0.3) is 0 Å². The maximum absolute atomic E-state index is 13.8. The molecule has 7 heteroatoms. The lowest BCUT2D eigenvalue weighted by atomic mass is 10.2. The molecular formula is C16H19FN4OS. The Labute approximate surface area is 138 Å². The molecule has 2 heterocycles. The Balaban J connectivity index is 1.54. The van der Waals surface area contributed by atoms with E-state index in [1.165, 1.54) is 24.3 Å². The summed E-state index contributed by atoms with van der Waals surface area (Å²) in [5, 5.41) is 5.30. The number of carbonyl (C=O) groups is 1. The molecule has 0 saturated carbocycles. The third-order valence-corrected chi connectivity index (χ3v) is 4.59. The molecule has 1 saturated heterocycles. The summed E-state index contributed by atoms with van der Waals surface area (Å²) in [4.78, 5) is 19.8. The van der Waals surface area contributed by atoms with Crippen LogP contribution in [0.4, 0.5) is 15.2 Å². The van der Waals surface area contributed by atoms with Gasteiger partial charge < -0.3 is 10.2 Å². The number of amides is 1. The summed E-state index contributed by atoms with van der Waals surface area (Å²) in [5.74, 6) is -0.273. The number of carbonyl (C=O) groups excluding carboxylic acids is 1. The Morgan fingerprint density at radius 1 is 1.30 bits per heavy atom. The van der Waals surface area contributed by atoms with Crippen LogP contribution < -0.4 is 10.2 Å². The van der Waals surface area contributed by atoms with Crippen LogP contribution in [0, 0.1) is 5.82 Å². The second kappa shape index (κ2) is 7.06. The van der Waals surface area contributed by atoms with Gasteiger partial charge in [-0.2, -0.15) is 0 Å². The zero-order chi connectivity index (χ0) is 16.2. The van der Waals surface area contributed by atoms with Crippen molar-refractivity contribution in [3.05, 3.63) is 41.2 Å². The predicted molar refractivity (Wildman–Crippen MR) is 90.3 cm³/mol. The highest BCUT2D eigenvalue weighted by Gasteiger charge is 2.20. The van der Waals surface area contributed by atoms with Gasteiger partial charge in [0.1, 0.15) is 5.82 Å². The van der Waals surface area contributed by atoms with E-state index in [9.17, 15) is 9.18 Å². The van der Waals surface area contributed by atoms with Crippen molar-refractivity contribution in [2.24, 2.45) is 0 Å². The van der Waals surface area contributed by atoms with E-state index in [1.54, 1.807) is 6.07 Å². The van der Waals surface area contributed by atoms with E-state index in [1.807, 2.05) is 17.5 Å². The van der Waals surface area contributed by atoms with E-state index in [2.05, 4.69) is 20.1 Å². The van der Waals surface area contributed by atoms with Crippen molar-refractivity contribution in [3.63, 3.8) is 0 Å². The number of hydrogen-bond donors (Lipinski definition) is 1. The Morgan fingerprint density at radius 3 is 2.74 bits per heavy atom. The van der Waals surface area contributed by atoms with Crippen molar-refractivity contribution in [1.82, 2.24) is 9.88 Å². The fourth-order valence-electron chi connectivity index (χ4n) is 2.67. The largest absolute Gasteiger partial charge is 0.367 e. The molecule has 1 aliphatic heterocycles. The summed E-state index contributed by atoms with van der Waals surface area (Å²) >= 11 is 1.44. The Bertz CT molecular complexity index is 682. The standard InChI is InChI=1S/C16H19FN4OS/c1-12(22)18-16-19-13(11-23-16)10-20-6-8-21(9-7-20)15-5-3-2-4-14(15)17/h2-5,11H,6-10H2,1H3,(H,18,19,22). The molecule has 0 atom stereocenters. The maximum atomic E-state index is 13.8. The number of benzene rings is 1. The lowest BCUT2D eigenvalue weighted by molar-refractivity contribution is -0.114. The van der Waals surface area contributed by atoms with Gasteiger partial charge >= 0.3 is 0 Å². The van der Waals surface area contributed by atoms with Gasteiger partial charge in [0.15, 0.2) is 5.13 Å². The van der Waals surface area contributed by atoms with Crippen molar-refractivity contribution in [3.8, 4) is 0 Å². The number of halogens is 1. The molecule has 2 aromatic rings. The van der Waals surface area contributed by atoms with Gasteiger partial charge in [-0.05, 0) is 12.1 Å². The summed E-state index contributed by atoms with van der Waals surface area (Å²) in [6.45, 7) is 5.54. The predicted octanol–water partition coefficient (Wildman–Crippen LogP) is 2.56. The van der Waals surface area contributed by atoms with E-state index in [0.717, 1.165) is 38.4 Å². The van der Waals surface area contributed by atoms with Gasteiger partial charge in [-0.1, -0.05) is 12.1 Å². The first-order valence-electron chi connectivity index (χ1n) is 7.55. The summed E-state index contributed by atoms with van der Waals surface area (Å²) in [7, 11) is 0. The average Bonchev–Trinajstić information content (AvgIpc) is 2.95. The number of nitrogens with one attached hydrogen (secondary N) is 1. The van der Waals surface area contributed by atoms with Crippen molar-refractivity contribution in [2.75, 3.05) is 36.4 Å². The van der Waals surface area contributed by atoms with Gasteiger partial charge in [0.05, 0.1) is 11.4 Å². The molecule has 1 aromatic heterocycles. The molecule has 0 radical (unpaired) electrons. The molecule has 1 aliphatic rings. The second-order valence-corrected chi connectivity index (χ2v) is 6.40. The summed E-state index contributed by atoms with van der Waals surface area (Å²) < 4.78 is 13.8. The zero-order valence-corrected chi connectivity index (χ0v) is 13.8. The number of hydrogen-bond acceptors (Lipinski definition) is 5. The molecule has 1 N–H and O–H groups in total. The van der Waals surface area contributed by atoms with E-state index < -0.39 is 0 Å². The number of aromatic nitrogens is 1. The number of piperazine rings is 1. The molecule has 0 spiro atoms. The van der Waals surface area contributed by atoms with Crippen LogP contribution in [0.15, 0.2) is 29.6 Å². The van der Waals surface area contributed by atoms with Gasteiger partial charge in [-0.3, -0.25) is 9.69 Å². The number of nitrogens with zero attached hydrogens (tertiary/aromatic N) is 3. The van der Waals surface area contributed by atoms with Crippen molar-refractivity contribution < 1.29 is 9.18 Å². The summed E-state index contributed by atoms with van der Waals surface area (Å²) in [6.07, 6.45) is 0. The normalized spacial score (nSPS) is 15.7. The average molecular weight is 334 g/mol. The van der Waals surface area contributed by atoms with Gasteiger partial charge in [-0.15, -0.1) is 11.3 Å². The molecular weight excluding hydrogens is 315 g/mol. The minimum Gasteiger partial charge on any atom is -0.367 e. The maximum Gasteiger partial charge on any atom is 0.223 e. The zero-order valence-electron chi connectivity index (χ0n) is 13.0. The summed E-state index contributed by atoms with van der Waals surface area (Å²) in [6, 6.07) is 6.90. The fraction of sp³-hybridized carbons (Fsp3) is 0.375. The first-order valence-corrected chi connectivity index (χ1v) is 8.43. The minimum absolute atomic E-state index is 0.107. The quantitative estimate of drug-likeness (QED) is 0.934. The van der Waals surface area contributed by atoms with Crippen LogP contribution >= 0.6 is 11.3 Å². The Morgan fingerprint density at radius 2 is 2.04 bits per heavy atom. The van der Waals surface area contributed by atoms with E-state index in [4.69, 9.17) is 0 Å². The van der Waals surface area contributed by atoms with Crippen LogP contribution in [-0.4, -0.2) is 42.0 Å². The molecule has 3 rings (SSSR count). The Hall–Kier alpha value is -1.99. The topological polar surface area (TPSA) is 48.5 Å². The molecule has 0 bridgehead atoms. The van der Waals surface area contributed by atoms with Crippen molar-refractivity contribution in [1.29, 1.82) is 0 Å². The number of thiazole rings is 1. The van der Waals surface area contributed by atoms with E-state index in [-0.39, 0.29) is 11.7 Å². The molecule has 1 fully saturated rings. The molecule has 1 amide bonds. The third-order valence-electron chi connectivity index (χ3n) is 3.79. The second-order valence-electron chi connectivity index (χ2n) is 5.54. The van der Waals surface area contributed by atoms with Crippen LogP contribution in [0.5, 0.6) is 0 Å². The van der Waals surface area contributed by atoms with Crippen molar-refractivity contribution >= 4 is 28.1 Å². The molecule has 0 unspecified atom stereocenters. The van der Waals surface area contributed by atoms with Crippen LogP contribution in [-0.2, 0) is 11.3 Å². The monoisotopic (exact) mass is 334 g/mol. The van der Waals surface area contributed by atoms with Crippen LogP contribution in [0.1, 0.15) is 12.6 Å². The van der Waals surface area contributed by atoms with Crippen LogP contribution in [0.2, 0.25) is 0 Å². The van der Waals surface area contributed by atoms with Crippen molar-refractivity contribution in [2.45, 2.75) is 13.5 Å². The number of para-hydroxylation sites is 1. The first kappa shape index (κ1) is 15.9. The molecule has 0 aliphatic carbocycles. The SMILES string of the molecule is CC(=O)Nc1nc(CN2CCN(c3ccccc3F)CC2)cs1. The van der Waals surface area contributed by atoms with Crippen LogP contribution in [0.3, 0.4) is 0 Å². The molecule has 1 aromatic carbocycles. The highest BCUT2D eigenvalue weighted by Crippen LogP contribution is 2.21. The van der Waals surface area contributed by atoms with Gasteiger partial charge in [-0.25, -0.2) is 9.37 Å². The van der Waals surface area contributed by atoms with Gasteiger partial charge in [0.25, 0.3) is 0 Å². The van der Waals surface area contributed by atoms with E-state index >= 15 is 0 Å². The molecule has 122 valence electrons. The molecule has 23 heavy (non-hydrogen) atoms. The summed E-state index contributed by atoms with van der Waals surface area (Å²) in [5.41, 5.74) is 1.63. The Kier molecular flexibility index (Phi) is 4.88.